The van der Waals surface area contributed by atoms with E-state index in [9.17, 15) is 13.2 Å². The van der Waals surface area contributed by atoms with E-state index in [2.05, 4.69) is 15.9 Å². The van der Waals surface area contributed by atoms with Crippen molar-refractivity contribution in [1.29, 1.82) is 0 Å². The Hall–Kier alpha value is -2.35. The van der Waals surface area contributed by atoms with Gasteiger partial charge in [-0.25, -0.2) is 8.42 Å². The highest BCUT2D eigenvalue weighted by Crippen LogP contribution is 2.29. The van der Waals surface area contributed by atoms with Gasteiger partial charge < -0.3 is 4.74 Å². The molecular formula is C21H17BrClNO4S. The highest BCUT2D eigenvalue weighted by Gasteiger charge is 2.31. The number of hydrogen-bond donors (Lipinski definition) is 0. The fourth-order valence-electron chi connectivity index (χ4n) is 2.59. The molecule has 3 aromatic carbocycles. The molecule has 0 saturated carbocycles. The molecule has 29 heavy (non-hydrogen) atoms. The van der Waals surface area contributed by atoms with Crippen LogP contribution < -0.4 is 9.04 Å². The third-order valence-corrected chi connectivity index (χ3v) is 6.64. The summed E-state index contributed by atoms with van der Waals surface area (Å²) in [5.41, 5.74) is 1.18. The second-order valence-corrected chi connectivity index (χ2v) is 9.25. The molecule has 0 aromatic heterocycles. The third-order valence-electron chi connectivity index (χ3n) is 4.02. The summed E-state index contributed by atoms with van der Waals surface area (Å²) in [5, 5.41) is 0.503. The maximum Gasteiger partial charge on any atom is 0.278 e. The van der Waals surface area contributed by atoms with Gasteiger partial charge in [0.05, 0.1) is 15.1 Å². The van der Waals surface area contributed by atoms with E-state index in [0.717, 1.165) is 9.87 Å². The molecule has 0 radical (unpaired) electrons. The lowest BCUT2D eigenvalue weighted by Gasteiger charge is -2.23. The van der Waals surface area contributed by atoms with Crippen LogP contribution in [0.25, 0.3) is 0 Å². The van der Waals surface area contributed by atoms with E-state index in [4.69, 9.17) is 16.3 Å². The van der Waals surface area contributed by atoms with E-state index in [1.807, 2.05) is 6.92 Å². The molecule has 0 fully saturated rings. The van der Waals surface area contributed by atoms with Crippen LogP contribution in [0.3, 0.4) is 0 Å². The fraction of sp³-hybridized carbons (Fsp3) is 0.0952. The molecule has 0 spiro atoms. The van der Waals surface area contributed by atoms with Gasteiger partial charge in [-0.05, 0) is 65.3 Å². The van der Waals surface area contributed by atoms with Crippen molar-refractivity contribution < 1.29 is 17.9 Å². The van der Waals surface area contributed by atoms with Crippen molar-refractivity contribution >= 4 is 49.1 Å². The minimum absolute atomic E-state index is 0.0154. The molecule has 0 unspecified atom stereocenters. The number of sulfonamides is 1. The van der Waals surface area contributed by atoms with Crippen molar-refractivity contribution in [2.75, 3.05) is 10.9 Å². The molecule has 0 heterocycles. The fourth-order valence-corrected chi connectivity index (χ4v) is 4.81. The lowest BCUT2D eigenvalue weighted by atomic mass is 10.2. The first kappa shape index (κ1) is 21.4. The number of carbonyl (C=O) groups excluding carboxylic acids is 1. The number of benzene rings is 3. The normalized spacial score (nSPS) is 11.1. The summed E-state index contributed by atoms with van der Waals surface area (Å²) in [6.45, 7) is 1.41. The maximum atomic E-state index is 13.2. The first-order valence-corrected chi connectivity index (χ1v) is 11.2. The third kappa shape index (κ3) is 4.98. The molecule has 0 N–H and O–H groups in total. The van der Waals surface area contributed by atoms with Gasteiger partial charge in [0, 0.05) is 5.02 Å². The van der Waals surface area contributed by atoms with E-state index in [0.29, 0.717) is 15.2 Å². The second kappa shape index (κ2) is 8.98. The quantitative estimate of drug-likeness (QED) is 0.472. The van der Waals surface area contributed by atoms with Crippen LogP contribution >= 0.6 is 27.5 Å². The van der Waals surface area contributed by atoms with Crippen LogP contribution in [0.2, 0.25) is 5.02 Å². The summed E-state index contributed by atoms with van der Waals surface area (Å²) in [4.78, 5) is 13.0. The van der Waals surface area contributed by atoms with Gasteiger partial charge >= 0.3 is 0 Å². The van der Waals surface area contributed by atoms with Crippen molar-refractivity contribution in [1.82, 2.24) is 0 Å². The van der Waals surface area contributed by atoms with E-state index in [-0.39, 0.29) is 10.6 Å². The standard InChI is InChI=1S/C21H17BrClNO4S/c1-15-7-10-17(11-8-15)24(29(26,27)18-5-3-2-4-6-18)21(25)14-28-20-12-9-16(23)13-19(20)22/h2-13H,14H2,1H3. The Kier molecular flexibility index (Phi) is 6.62. The molecule has 0 saturated heterocycles. The van der Waals surface area contributed by atoms with Gasteiger partial charge in [-0.3, -0.25) is 4.79 Å². The summed E-state index contributed by atoms with van der Waals surface area (Å²) >= 11 is 9.22. The van der Waals surface area contributed by atoms with Crippen LogP contribution in [0.5, 0.6) is 5.75 Å². The molecule has 3 rings (SSSR count). The summed E-state index contributed by atoms with van der Waals surface area (Å²) in [6, 6.07) is 19.3. The van der Waals surface area contributed by atoms with E-state index >= 15 is 0 Å². The van der Waals surface area contributed by atoms with E-state index in [1.54, 1.807) is 60.7 Å². The van der Waals surface area contributed by atoms with Crippen molar-refractivity contribution in [3.8, 4) is 5.75 Å². The number of aryl methyl sites for hydroxylation is 1. The van der Waals surface area contributed by atoms with Crippen LogP contribution in [0.4, 0.5) is 5.69 Å². The molecule has 1 amide bonds. The number of nitrogens with zero attached hydrogens (tertiary/aromatic N) is 1. The minimum Gasteiger partial charge on any atom is -0.483 e. The van der Waals surface area contributed by atoms with Gasteiger partial charge in [-0.15, -0.1) is 0 Å². The van der Waals surface area contributed by atoms with Gasteiger partial charge in [0.15, 0.2) is 6.61 Å². The Labute approximate surface area is 183 Å². The second-order valence-electron chi connectivity index (χ2n) is 6.18. The van der Waals surface area contributed by atoms with Gasteiger partial charge in [0.2, 0.25) is 0 Å². The average molecular weight is 495 g/mol. The van der Waals surface area contributed by atoms with Crippen molar-refractivity contribution in [3.63, 3.8) is 0 Å². The van der Waals surface area contributed by atoms with Crippen LogP contribution in [0.15, 0.2) is 82.2 Å². The molecule has 150 valence electrons. The summed E-state index contributed by atoms with van der Waals surface area (Å²) in [7, 11) is -4.12. The number of ether oxygens (including phenoxy) is 1. The lowest BCUT2D eigenvalue weighted by molar-refractivity contribution is -0.119. The molecule has 0 aliphatic rings. The molecule has 0 bridgehead atoms. The van der Waals surface area contributed by atoms with Crippen molar-refractivity contribution in [3.05, 3.63) is 87.9 Å². The molecule has 5 nitrogen and oxygen atoms in total. The number of hydrogen-bond acceptors (Lipinski definition) is 4. The van der Waals surface area contributed by atoms with Crippen LogP contribution in [-0.4, -0.2) is 20.9 Å². The summed E-state index contributed by atoms with van der Waals surface area (Å²) in [5.74, 6) is -0.344. The predicted octanol–water partition coefficient (Wildman–Crippen LogP) is 5.21. The van der Waals surface area contributed by atoms with Crippen molar-refractivity contribution in [2.24, 2.45) is 0 Å². The summed E-state index contributed by atoms with van der Waals surface area (Å²) in [6.07, 6.45) is 0. The topological polar surface area (TPSA) is 63.7 Å². The Morgan fingerprint density at radius 3 is 2.31 bits per heavy atom. The zero-order chi connectivity index (χ0) is 21.0. The average Bonchev–Trinajstić information content (AvgIpc) is 2.69. The lowest BCUT2D eigenvalue weighted by Crippen LogP contribution is -2.40. The molecule has 0 aliphatic heterocycles. The van der Waals surface area contributed by atoms with Crippen LogP contribution in [0.1, 0.15) is 5.56 Å². The number of carbonyl (C=O) groups is 1. The van der Waals surface area contributed by atoms with E-state index < -0.39 is 22.5 Å². The van der Waals surface area contributed by atoms with E-state index in [1.165, 1.54) is 12.1 Å². The predicted molar refractivity (Wildman–Crippen MR) is 117 cm³/mol. The van der Waals surface area contributed by atoms with Gasteiger partial charge in [-0.1, -0.05) is 47.5 Å². The Balaban J connectivity index is 1.94. The molecule has 0 aliphatic carbocycles. The first-order chi connectivity index (χ1) is 13.8. The zero-order valence-corrected chi connectivity index (χ0v) is 18.5. The summed E-state index contributed by atoms with van der Waals surface area (Å²) < 4.78 is 33.3. The first-order valence-electron chi connectivity index (χ1n) is 8.57. The van der Waals surface area contributed by atoms with Gasteiger partial charge in [0.1, 0.15) is 5.75 Å². The highest BCUT2D eigenvalue weighted by atomic mass is 79.9. The molecule has 8 heteroatoms. The largest absolute Gasteiger partial charge is 0.483 e. The monoisotopic (exact) mass is 493 g/mol. The number of halogens is 2. The number of rotatable bonds is 6. The maximum absolute atomic E-state index is 13.2. The SMILES string of the molecule is Cc1ccc(N(C(=O)COc2ccc(Cl)cc2Br)S(=O)(=O)c2ccccc2)cc1. The minimum atomic E-state index is -4.12. The Morgan fingerprint density at radius 1 is 1.03 bits per heavy atom. The zero-order valence-electron chi connectivity index (χ0n) is 15.4. The van der Waals surface area contributed by atoms with Gasteiger partial charge in [-0.2, -0.15) is 4.31 Å². The Morgan fingerprint density at radius 2 is 1.69 bits per heavy atom. The Bertz CT molecular complexity index is 1120. The number of amides is 1. The smallest absolute Gasteiger partial charge is 0.278 e. The van der Waals surface area contributed by atoms with Crippen LogP contribution in [0, 0.1) is 6.92 Å². The van der Waals surface area contributed by atoms with Crippen molar-refractivity contribution in [2.45, 2.75) is 11.8 Å². The number of anilines is 1. The molecule has 0 atom stereocenters. The van der Waals surface area contributed by atoms with Crippen LogP contribution in [-0.2, 0) is 14.8 Å². The molecular weight excluding hydrogens is 478 g/mol. The van der Waals surface area contributed by atoms with Gasteiger partial charge in [0.25, 0.3) is 15.9 Å². The molecule has 3 aromatic rings. The highest BCUT2D eigenvalue weighted by molar-refractivity contribution is 9.10.